The summed E-state index contributed by atoms with van der Waals surface area (Å²) in [5.41, 5.74) is 1.22. The summed E-state index contributed by atoms with van der Waals surface area (Å²) in [5.74, 6) is -0.561. The molecule has 0 aliphatic heterocycles. The smallest absolute Gasteiger partial charge is 0.275 e. The maximum atomic E-state index is 13.0. The van der Waals surface area contributed by atoms with Crippen LogP contribution in [0.4, 0.5) is 4.39 Å². The van der Waals surface area contributed by atoms with Crippen LogP contribution in [0, 0.1) is 12.7 Å². The third kappa shape index (κ3) is 3.57. The highest BCUT2D eigenvalue weighted by molar-refractivity contribution is 5.83. The third-order valence-corrected chi connectivity index (χ3v) is 4.10. The highest BCUT2D eigenvalue weighted by Gasteiger charge is 2.14. The van der Waals surface area contributed by atoms with Gasteiger partial charge >= 0.3 is 0 Å². The van der Waals surface area contributed by atoms with E-state index in [9.17, 15) is 14.0 Å². The Morgan fingerprint density at radius 1 is 1.12 bits per heavy atom. The number of hydrogen-bond donors (Lipinski definition) is 0. The minimum absolute atomic E-state index is 0.137. The number of halogens is 1. The van der Waals surface area contributed by atoms with Gasteiger partial charge in [-0.2, -0.15) is 5.10 Å². The van der Waals surface area contributed by atoms with E-state index in [0.717, 1.165) is 10.9 Å². The standard InChI is InChI=1S/C19H18FN3O2/c1-13-16-5-3-4-6-17(16)19(25)23(21-13)12-18(24)22(2)11-14-7-9-15(20)10-8-14/h3-10H,11-12H2,1-2H3. The highest BCUT2D eigenvalue weighted by Crippen LogP contribution is 2.12. The summed E-state index contributed by atoms with van der Waals surface area (Å²) >= 11 is 0. The number of nitrogens with zero attached hydrogens (tertiary/aromatic N) is 3. The topological polar surface area (TPSA) is 55.2 Å². The van der Waals surface area contributed by atoms with E-state index in [4.69, 9.17) is 0 Å². The van der Waals surface area contributed by atoms with Gasteiger partial charge in [0.25, 0.3) is 5.56 Å². The van der Waals surface area contributed by atoms with Gasteiger partial charge in [-0.1, -0.05) is 30.3 Å². The molecule has 25 heavy (non-hydrogen) atoms. The number of hydrogen-bond acceptors (Lipinski definition) is 3. The number of amides is 1. The lowest BCUT2D eigenvalue weighted by Crippen LogP contribution is -2.35. The van der Waals surface area contributed by atoms with Crippen molar-refractivity contribution in [2.24, 2.45) is 0 Å². The Labute approximate surface area is 144 Å². The Bertz CT molecular complexity index is 980. The third-order valence-electron chi connectivity index (χ3n) is 4.10. The molecule has 0 bridgehead atoms. The van der Waals surface area contributed by atoms with E-state index in [-0.39, 0.29) is 23.8 Å². The van der Waals surface area contributed by atoms with Crippen molar-refractivity contribution in [3.8, 4) is 0 Å². The maximum Gasteiger partial charge on any atom is 0.275 e. The van der Waals surface area contributed by atoms with E-state index in [1.54, 1.807) is 31.3 Å². The van der Waals surface area contributed by atoms with E-state index >= 15 is 0 Å². The number of fused-ring (bicyclic) bond motifs is 1. The van der Waals surface area contributed by atoms with Gasteiger partial charge in [-0.05, 0) is 30.7 Å². The van der Waals surface area contributed by atoms with Crippen LogP contribution in [0.2, 0.25) is 0 Å². The molecule has 0 saturated heterocycles. The van der Waals surface area contributed by atoms with Crippen LogP contribution < -0.4 is 5.56 Å². The number of carbonyl (C=O) groups is 1. The molecule has 0 atom stereocenters. The summed E-state index contributed by atoms with van der Waals surface area (Å²) < 4.78 is 14.1. The number of aryl methyl sites for hydroxylation is 1. The fourth-order valence-corrected chi connectivity index (χ4v) is 2.71. The van der Waals surface area contributed by atoms with Gasteiger partial charge in [-0.3, -0.25) is 9.59 Å². The van der Waals surface area contributed by atoms with E-state index < -0.39 is 0 Å². The van der Waals surface area contributed by atoms with Crippen molar-refractivity contribution in [2.75, 3.05) is 7.05 Å². The van der Waals surface area contributed by atoms with Crippen LogP contribution in [0.3, 0.4) is 0 Å². The minimum atomic E-state index is -0.319. The maximum absolute atomic E-state index is 13.0. The molecule has 3 rings (SSSR count). The first kappa shape index (κ1) is 16.8. The molecule has 0 radical (unpaired) electrons. The Morgan fingerprint density at radius 3 is 2.44 bits per heavy atom. The first-order valence-corrected chi connectivity index (χ1v) is 7.90. The number of carbonyl (C=O) groups excluding carboxylic acids is 1. The molecule has 0 aliphatic rings. The van der Waals surface area contributed by atoms with Gasteiger partial charge in [0.2, 0.25) is 5.91 Å². The summed E-state index contributed by atoms with van der Waals surface area (Å²) in [6.07, 6.45) is 0. The van der Waals surface area contributed by atoms with Gasteiger partial charge in [-0.15, -0.1) is 0 Å². The van der Waals surface area contributed by atoms with Crippen LogP contribution in [0.5, 0.6) is 0 Å². The summed E-state index contributed by atoms with van der Waals surface area (Å²) in [5, 5.41) is 5.58. The highest BCUT2D eigenvalue weighted by atomic mass is 19.1. The lowest BCUT2D eigenvalue weighted by atomic mass is 10.1. The van der Waals surface area contributed by atoms with Crippen LogP contribution in [-0.2, 0) is 17.9 Å². The van der Waals surface area contributed by atoms with Crippen molar-refractivity contribution < 1.29 is 9.18 Å². The summed E-state index contributed by atoms with van der Waals surface area (Å²) in [4.78, 5) is 26.5. The molecule has 0 aliphatic carbocycles. The molecule has 0 fully saturated rings. The quantitative estimate of drug-likeness (QED) is 0.734. The molecule has 0 spiro atoms. The average Bonchev–Trinajstić information content (AvgIpc) is 2.61. The largest absolute Gasteiger partial charge is 0.340 e. The SMILES string of the molecule is Cc1nn(CC(=O)N(C)Cc2ccc(F)cc2)c(=O)c2ccccc12. The molecule has 0 unspecified atom stereocenters. The Kier molecular flexibility index (Phi) is 4.61. The molecular formula is C19H18FN3O2. The van der Waals surface area contributed by atoms with Crippen LogP contribution in [-0.4, -0.2) is 27.6 Å². The molecule has 1 amide bonds. The first-order chi connectivity index (χ1) is 12.0. The number of aromatic nitrogens is 2. The zero-order chi connectivity index (χ0) is 18.0. The van der Waals surface area contributed by atoms with Crippen LogP contribution in [0.15, 0.2) is 53.3 Å². The van der Waals surface area contributed by atoms with Crippen molar-refractivity contribution in [1.82, 2.24) is 14.7 Å². The molecule has 1 heterocycles. The molecule has 6 heteroatoms. The summed E-state index contributed by atoms with van der Waals surface area (Å²) in [7, 11) is 1.64. The second-order valence-electron chi connectivity index (χ2n) is 5.97. The van der Waals surface area contributed by atoms with Gasteiger partial charge in [0, 0.05) is 19.0 Å². The average molecular weight is 339 g/mol. The number of benzene rings is 2. The Morgan fingerprint density at radius 2 is 1.76 bits per heavy atom. The first-order valence-electron chi connectivity index (χ1n) is 7.90. The molecule has 2 aromatic carbocycles. The van der Waals surface area contributed by atoms with Gasteiger partial charge in [0.15, 0.2) is 0 Å². The van der Waals surface area contributed by atoms with Crippen molar-refractivity contribution in [3.63, 3.8) is 0 Å². The van der Waals surface area contributed by atoms with Crippen molar-refractivity contribution in [1.29, 1.82) is 0 Å². The van der Waals surface area contributed by atoms with Gasteiger partial charge in [0.1, 0.15) is 12.4 Å². The number of rotatable bonds is 4. The molecule has 0 saturated carbocycles. The summed E-state index contributed by atoms with van der Waals surface area (Å²) in [6.45, 7) is 2.01. The zero-order valence-corrected chi connectivity index (χ0v) is 14.1. The van der Waals surface area contributed by atoms with Gasteiger partial charge < -0.3 is 4.90 Å². The Balaban J connectivity index is 1.80. The monoisotopic (exact) mass is 339 g/mol. The molecule has 5 nitrogen and oxygen atoms in total. The van der Waals surface area contributed by atoms with Gasteiger partial charge in [0.05, 0.1) is 11.1 Å². The fraction of sp³-hybridized carbons (Fsp3) is 0.211. The van der Waals surface area contributed by atoms with Gasteiger partial charge in [-0.25, -0.2) is 9.07 Å². The molecule has 3 aromatic rings. The van der Waals surface area contributed by atoms with Crippen molar-refractivity contribution >= 4 is 16.7 Å². The lowest BCUT2D eigenvalue weighted by Gasteiger charge is -2.18. The van der Waals surface area contributed by atoms with Crippen LogP contribution in [0.1, 0.15) is 11.3 Å². The molecule has 1 aromatic heterocycles. The summed E-state index contributed by atoms with van der Waals surface area (Å²) in [6, 6.07) is 13.2. The second-order valence-corrected chi connectivity index (χ2v) is 5.97. The van der Waals surface area contributed by atoms with Crippen LogP contribution in [0.25, 0.3) is 10.8 Å². The second kappa shape index (κ2) is 6.84. The van der Waals surface area contributed by atoms with Crippen molar-refractivity contribution in [2.45, 2.75) is 20.0 Å². The normalized spacial score (nSPS) is 10.8. The predicted molar refractivity (Wildman–Crippen MR) is 93.6 cm³/mol. The van der Waals surface area contributed by atoms with E-state index in [1.165, 1.54) is 21.7 Å². The van der Waals surface area contributed by atoms with E-state index in [2.05, 4.69) is 5.10 Å². The molecular weight excluding hydrogens is 321 g/mol. The zero-order valence-electron chi connectivity index (χ0n) is 14.1. The lowest BCUT2D eigenvalue weighted by molar-refractivity contribution is -0.131. The fourth-order valence-electron chi connectivity index (χ4n) is 2.71. The molecule has 128 valence electrons. The number of likely N-dealkylation sites (N-methyl/N-ethyl adjacent to an activating group) is 1. The molecule has 0 N–H and O–H groups in total. The Hall–Kier alpha value is -3.02. The van der Waals surface area contributed by atoms with Crippen molar-refractivity contribution in [3.05, 3.63) is 76.0 Å². The van der Waals surface area contributed by atoms with E-state index in [1.807, 2.05) is 19.1 Å². The van der Waals surface area contributed by atoms with Crippen LogP contribution >= 0.6 is 0 Å². The minimum Gasteiger partial charge on any atom is -0.340 e. The van der Waals surface area contributed by atoms with E-state index in [0.29, 0.717) is 17.6 Å². The predicted octanol–water partition coefficient (Wildman–Crippen LogP) is 2.50.